The summed E-state index contributed by atoms with van der Waals surface area (Å²) >= 11 is 0. The lowest BCUT2D eigenvalue weighted by molar-refractivity contribution is -0.103. The van der Waals surface area contributed by atoms with Crippen molar-refractivity contribution in [3.05, 3.63) is 69.0 Å². The van der Waals surface area contributed by atoms with Crippen LogP contribution in [0.5, 0.6) is 0 Å². The molecular formula is C21H27FN2O5. The molecule has 1 aromatic heterocycles. The van der Waals surface area contributed by atoms with Gasteiger partial charge in [0, 0.05) is 18.2 Å². The van der Waals surface area contributed by atoms with E-state index in [4.69, 9.17) is 9.47 Å². The van der Waals surface area contributed by atoms with Crippen molar-refractivity contribution < 1.29 is 19.0 Å². The molecule has 1 fully saturated rings. The highest BCUT2D eigenvalue weighted by Crippen LogP contribution is 2.47. The molecule has 0 spiro atoms. The maximum Gasteiger partial charge on any atom is 0.335 e. The fraction of sp³-hybridized carbons (Fsp3) is 0.524. The number of aliphatic hydroxyl groups excluding tert-OH is 1. The number of ether oxygens (including phenoxy) is 2. The minimum Gasteiger partial charge on any atom is -0.396 e. The van der Waals surface area contributed by atoms with Gasteiger partial charge in [0.15, 0.2) is 0 Å². The SMILES string of the molecule is CC[C@@]1(CF)O[C@@H](n2ccc(=O)n(COCc3ccccc3)c2=O)[C@@H](CO)[C@@H]1C. The molecule has 3 rings (SSSR count). The molecule has 1 aliphatic rings. The predicted octanol–water partition coefficient (Wildman–Crippen LogP) is 2.08. The Hall–Kier alpha value is -2.29. The average Bonchev–Trinajstić information content (AvgIpc) is 3.03. The van der Waals surface area contributed by atoms with Crippen LogP contribution in [-0.4, -0.2) is 33.1 Å². The molecule has 158 valence electrons. The Bertz CT molecular complexity index is 923. The zero-order valence-corrected chi connectivity index (χ0v) is 16.7. The fourth-order valence-electron chi connectivity index (χ4n) is 3.91. The third-order valence-corrected chi connectivity index (χ3v) is 5.93. The van der Waals surface area contributed by atoms with Gasteiger partial charge in [0.05, 0.1) is 13.2 Å². The minimum atomic E-state index is -1.07. The maximum absolute atomic E-state index is 13.8. The summed E-state index contributed by atoms with van der Waals surface area (Å²) in [4.78, 5) is 25.2. The molecule has 1 aliphatic heterocycles. The van der Waals surface area contributed by atoms with Crippen LogP contribution in [0.1, 0.15) is 32.1 Å². The van der Waals surface area contributed by atoms with E-state index >= 15 is 0 Å². The predicted molar refractivity (Wildman–Crippen MR) is 105 cm³/mol. The molecule has 0 amide bonds. The highest BCUT2D eigenvalue weighted by atomic mass is 19.1. The first-order chi connectivity index (χ1) is 14.0. The molecule has 1 saturated heterocycles. The van der Waals surface area contributed by atoms with Crippen molar-refractivity contribution in [2.75, 3.05) is 13.3 Å². The van der Waals surface area contributed by atoms with Crippen LogP contribution in [0.25, 0.3) is 0 Å². The molecule has 1 aromatic carbocycles. The molecule has 0 aliphatic carbocycles. The first-order valence-electron chi connectivity index (χ1n) is 9.75. The van der Waals surface area contributed by atoms with E-state index < -0.39 is 35.7 Å². The van der Waals surface area contributed by atoms with Crippen LogP contribution in [0.15, 0.2) is 52.2 Å². The van der Waals surface area contributed by atoms with Crippen molar-refractivity contribution in [2.45, 2.75) is 45.4 Å². The molecule has 0 bridgehead atoms. The summed E-state index contributed by atoms with van der Waals surface area (Å²) in [6.07, 6.45) is 0.883. The van der Waals surface area contributed by atoms with Crippen molar-refractivity contribution in [1.82, 2.24) is 9.13 Å². The topological polar surface area (TPSA) is 82.7 Å². The first kappa shape index (κ1) is 21.4. The summed E-state index contributed by atoms with van der Waals surface area (Å²) in [6.45, 7) is 2.68. The van der Waals surface area contributed by atoms with E-state index in [1.165, 1.54) is 16.8 Å². The molecule has 4 atom stereocenters. The summed E-state index contributed by atoms with van der Waals surface area (Å²) in [5.41, 5.74) is -1.27. The zero-order chi connectivity index (χ0) is 21.0. The van der Waals surface area contributed by atoms with Crippen molar-refractivity contribution in [3.63, 3.8) is 0 Å². The van der Waals surface area contributed by atoms with Crippen LogP contribution < -0.4 is 11.2 Å². The molecule has 0 radical (unpaired) electrons. The zero-order valence-electron chi connectivity index (χ0n) is 16.7. The van der Waals surface area contributed by atoms with Crippen molar-refractivity contribution >= 4 is 0 Å². The fourth-order valence-corrected chi connectivity index (χ4v) is 3.91. The molecule has 2 heterocycles. The molecule has 0 unspecified atom stereocenters. The van der Waals surface area contributed by atoms with Crippen molar-refractivity contribution in [3.8, 4) is 0 Å². The first-order valence-corrected chi connectivity index (χ1v) is 9.75. The third kappa shape index (κ3) is 4.05. The van der Waals surface area contributed by atoms with Crippen LogP contribution in [0, 0.1) is 11.8 Å². The van der Waals surface area contributed by atoms with E-state index in [1.807, 2.05) is 44.2 Å². The van der Waals surface area contributed by atoms with E-state index in [2.05, 4.69) is 0 Å². The molecule has 2 aromatic rings. The molecule has 7 nitrogen and oxygen atoms in total. The number of alkyl halides is 1. The van der Waals surface area contributed by atoms with Gasteiger partial charge in [-0.15, -0.1) is 0 Å². The average molecular weight is 406 g/mol. The number of hydrogen-bond donors (Lipinski definition) is 1. The summed E-state index contributed by atoms with van der Waals surface area (Å²) in [5.74, 6) is -0.770. The number of rotatable bonds is 8. The summed E-state index contributed by atoms with van der Waals surface area (Å²) in [7, 11) is 0. The number of benzene rings is 1. The second-order valence-electron chi connectivity index (χ2n) is 7.43. The van der Waals surface area contributed by atoms with Crippen LogP contribution in [0.3, 0.4) is 0 Å². The summed E-state index contributed by atoms with van der Waals surface area (Å²) in [5, 5.41) is 9.86. The smallest absolute Gasteiger partial charge is 0.335 e. The molecule has 29 heavy (non-hydrogen) atoms. The van der Waals surface area contributed by atoms with Gasteiger partial charge in [0.2, 0.25) is 0 Å². The Morgan fingerprint density at radius 1 is 1.24 bits per heavy atom. The van der Waals surface area contributed by atoms with E-state index in [0.29, 0.717) is 6.42 Å². The largest absolute Gasteiger partial charge is 0.396 e. The number of halogens is 1. The molecule has 1 N–H and O–H groups in total. The lowest BCUT2D eigenvalue weighted by Gasteiger charge is -2.29. The summed E-state index contributed by atoms with van der Waals surface area (Å²) < 4.78 is 27.5. The highest BCUT2D eigenvalue weighted by molar-refractivity contribution is 5.13. The van der Waals surface area contributed by atoms with Crippen molar-refractivity contribution in [1.29, 1.82) is 0 Å². The van der Waals surface area contributed by atoms with Gasteiger partial charge in [0.25, 0.3) is 5.56 Å². The Morgan fingerprint density at radius 2 is 1.97 bits per heavy atom. The molecule has 8 heteroatoms. The Morgan fingerprint density at radius 3 is 2.59 bits per heavy atom. The van der Waals surface area contributed by atoms with Crippen LogP contribution in [0.2, 0.25) is 0 Å². The lowest BCUT2D eigenvalue weighted by atomic mass is 9.81. The number of aromatic nitrogens is 2. The monoisotopic (exact) mass is 406 g/mol. The van der Waals surface area contributed by atoms with E-state index in [-0.39, 0.29) is 25.9 Å². The van der Waals surface area contributed by atoms with Gasteiger partial charge in [0.1, 0.15) is 25.2 Å². The van der Waals surface area contributed by atoms with Gasteiger partial charge in [-0.05, 0) is 17.9 Å². The van der Waals surface area contributed by atoms with E-state index in [9.17, 15) is 19.1 Å². The molecular weight excluding hydrogens is 379 g/mol. The van der Waals surface area contributed by atoms with E-state index in [1.54, 1.807) is 0 Å². The highest BCUT2D eigenvalue weighted by Gasteiger charge is 2.52. The van der Waals surface area contributed by atoms with Crippen LogP contribution >= 0.6 is 0 Å². The Labute approximate surface area is 168 Å². The minimum absolute atomic E-state index is 0.221. The van der Waals surface area contributed by atoms with Gasteiger partial charge in [-0.2, -0.15) is 0 Å². The van der Waals surface area contributed by atoms with Gasteiger partial charge in [-0.25, -0.2) is 13.8 Å². The number of aliphatic hydroxyl groups is 1. The number of hydrogen-bond acceptors (Lipinski definition) is 5. The standard InChI is InChI=1S/C21H27FN2O5/c1-3-21(13-22)15(2)17(11-25)19(29-21)23-10-9-18(26)24(20(23)27)14-28-12-16-7-5-4-6-8-16/h4-10,15,17,19,25H,3,11-14H2,1-2H3/t15-,17-,19+,21-/m0/s1. The Kier molecular flexibility index (Phi) is 6.66. The normalized spacial score (nSPS) is 26.7. The second-order valence-corrected chi connectivity index (χ2v) is 7.43. The van der Waals surface area contributed by atoms with Crippen molar-refractivity contribution in [2.24, 2.45) is 11.8 Å². The van der Waals surface area contributed by atoms with Gasteiger partial charge in [-0.1, -0.05) is 44.2 Å². The van der Waals surface area contributed by atoms with Crippen LogP contribution in [-0.2, 0) is 22.8 Å². The summed E-state index contributed by atoms with van der Waals surface area (Å²) in [6, 6.07) is 10.6. The van der Waals surface area contributed by atoms with Gasteiger partial charge < -0.3 is 14.6 Å². The van der Waals surface area contributed by atoms with Gasteiger partial charge in [-0.3, -0.25) is 9.36 Å². The number of nitrogens with zero attached hydrogens (tertiary/aromatic N) is 2. The van der Waals surface area contributed by atoms with Crippen LogP contribution in [0.4, 0.5) is 4.39 Å². The van der Waals surface area contributed by atoms with E-state index in [0.717, 1.165) is 10.1 Å². The second kappa shape index (κ2) is 9.02. The third-order valence-electron chi connectivity index (χ3n) is 5.93. The van der Waals surface area contributed by atoms with Gasteiger partial charge >= 0.3 is 5.69 Å². The lowest BCUT2D eigenvalue weighted by Crippen LogP contribution is -2.42. The molecule has 0 saturated carbocycles. The Balaban J connectivity index is 1.86. The quantitative estimate of drug-likeness (QED) is 0.726. The maximum atomic E-state index is 13.8.